The third-order valence-corrected chi connectivity index (χ3v) is 2.73. The van der Waals surface area contributed by atoms with Crippen LogP contribution in [0.1, 0.15) is 41.0 Å². The number of hydrogen-bond donors (Lipinski definition) is 1. The quantitative estimate of drug-likeness (QED) is 0.716. The summed E-state index contributed by atoms with van der Waals surface area (Å²) in [6.07, 6.45) is 1.06. The highest BCUT2D eigenvalue weighted by molar-refractivity contribution is 5.69. The summed E-state index contributed by atoms with van der Waals surface area (Å²) >= 11 is 0. The number of aliphatic carboxylic acids is 1. The first kappa shape index (κ1) is 13.4. The Morgan fingerprint density at radius 3 is 2.07 bits per heavy atom. The molecule has 0 spiro atoms. The molecule has 0 rings (SSSR count). The van der Waals surface area contributed by atoms with E-state index in [1.54, 1.807) is 6.92 Å². The van der Waals surface area contributed by atoms with Gasteiger partial charge >= 0.3 is 5.97 Å². The van der Waals surface area contributed by atoms with Crippen molar-refractivity contribution in [1.29, 1.82) is 0 Å². The molecule has 14 heavy (non-hydrogen) atoms. The monoisotopic (exact) mass is 201 g/mol. The van der Waals surface area contributed by atoms with E-state index < -0.39 is 5.97 Å². The normalized spacial score (nSPS) is 15.9. The molecule has 0 amide bonds. The topological polar surface area (TPSA) is 40.5 Å². The highest BCUT2D eigenvalue weighted by Gasteiger charge is 2.21. The molecule has 3 nitrogen and oxygen atoms in total. The Morgan fingerprint density at radius 1 is 1.29 bits per heavy atom. The van der Waals surface area contributed by atoms with Crippen LogP contribution in [0.3, 0.4) is 0 Å². The summed E-state index contributed by atoms with van der Waals surface area (Å²) in [6.45, 7) is 10.9. The maximum absolute atomic E-state index is 10.7. The van der Waals surface area contributed by atoms with Crippen molar-refractivity contribution >= 4 is 5.97 Å². The Labute approximate surface area is 87.1 Å². The molecule has 0 bridgehead atoms. The van der Waals surface area contributed by atoms with Gasteiger partial charge in [0.15, 0.2) is 0 Å². The largest absolute Gasteiger partial charge is 0.481 e. The van der Waals surface area contributed by atoms with Gasteiger partial charge in [0.2, 0.25) is 0 Å². The van der Waals surface area contributed by atoms with Gasteiger partial charge in [-0.1, -0.05) is 13.8 Å². The highest BCUT2D eigenvalue weighted by atomic mass is 16.4. The second kappa shape index (κ2) is 6.02. The van der Waals surface area contributed by atoms with Crippen molar-refractivity contribution in [3.63, 3.8) is 0 Å². The summed E-state index contributed by atoms with van der Waals surface area (Å²) in [5.41, 5.74) is 0. The Kier molecular flexibility index (Phi) is 5.77. The lowest BCUT2D eigenvalue weighted by molar-refractivity contribution is -0.142. The molecule has 0 aliphatic carbocycles. The van der Waals surface area contributed by atoms with E-state index in [1.807, 2.05) is 0 Å². The summed E-state index contributed by atoms with van der Waals surface area (Å²) < 4.78 is 0. The van der Waals surface area contributed by atoms with Crippen LogP contribution in [0.2, 0.25) is 0 Å². The van der Waals surface area contributed by atoms with Crippen molar-refractivity contribution in [1.82, 2.24) is 4.90 Å². The number of nitrogens with zero attached hydrogens (tertiary/aromatic N) is 1. The fourth-order valence-electron chi connectivity index (χ4n) is 1.53. The van der Waals surface area contributed by atoms with Gasteiger partial charge in [0.25, 0.3) is 0 Å². The van der Waals surface area contributed by atoms with Gasteiger partial charge in [-0.05, 0) is 27.2 Å². The SMILES string of the molecule is CCC(C)N(CC(C)C(=O)O)C(C)C. The van der Waals surface area contributed by atoms with Crippen LogP contribution >= 0.6 is 0 Å². The summed E-state index contributed by atoms with van der Waals surface area (Å²) in [6, 6.07) is 0.864. The van der Waals surface area contributed by atoms with Crippen molar-refractivity contribution in [2.45, 2.75) is 53.1 Å². The molecule has 0 aliphatic heterocycles. The van der Waals surface area contributed by atoms with Crippen LogP contribution in [0.15, 0.2) is 0 Å². The molecule has 84 valence electrons. The zero-order valence-corrected chi connectivity index (χ0v) is 9.95. The molecular weight excluding hydrogens is 178 g/mol. The lowest BCUT2D eigenvalue weighted by atomic mass is 10.1. The van der Waals surface area contributed by atoms with E-state index >= 15 is 0 Å². The fourth-order valence-corrected chi connectivity index (χ4v) is 1.53. The third-order valence-electron chi connectivity index (χ3n) is 2.73. The predicted octanol–water partition coefficient (Wildman–Crippen LogP) is 2.22. The smallest absolute Gasteiger partial charge is 0.307 e. The molecule has 0 aromatic rings. The minimum Gasteiger partial charge on any atom is -0.481 e. The lowest BCUT2D eigenvalue weighted by Crippen LogP contribution is -2.42. The van der Waals surface area contributed by atoms with Crippen LogP contribution in [-0.4, -0.2) is 34.6 Å². The molecule has 0 aromatic heterocycles. The molecule has 1 N–H and O–H groups in total. The number of carbonyl (C=O) groups is 1. The van der Waals surface area contributed by atoms with Crippen molar-refractivity contribution in [3.8, 4) is 0 Å². The number of carboxylic acid groups (broad SMARTS) is 1. The minimum atomic E-state index is -0.709. The van der Waals surface area contributed by atoms with Crippen LogP contribution in [-0.2, 0) is 4.79 Å². The Bertz CT molecular complexity index is 180. The van der Waals surface area contributed by atoms with Gasteiger partial charge in [-0.25, -0.2) is 0 Å². The number of rotatable bonds is 6. The van der Waals surface area contributed by atoms with Crippen LogP contribution < -0.4 is 0 Å². The van der Waals surface area contributed by atoms with E-state index in [4.69, 9.17) is 5.11 Å². The molecule has 0 saturated heterocycles. The number of hydrogen-bond acceptors (Lipinski definition) is 2. The van der Waals surface area contributed by atoms with Crippen LogP contribution in [0.4, 0.5) is 0 Å². The highest BCUT2D eigenvalue weighted by Crippen LogP contribution is 2.11. The molecule has 0 saturated carbocycles. The molecular formula is C11H23NO2. The molecule has 0 radical (unpaired) electrons. The molecule has 0 aromatic carbocycles. The first-order valence-corrected chi connectivity index (χ1v) is 5.38. The second-order valence-electron chi connectivity index (χ2n) is 4.29. The van der Waals surface area contributed by atoms with Crippen molar-refractivity contribution in [2.75, 3.05) is 6.54 Å². The third kappa shape index (κ3) is 4.09. The average molecular weight is 201 g/mol. The first-order chi connectivity index (χ1) is 6.40. The maximum Gasteiger partial charge on any atom is 0.307 e. The standard InChI is InChI=1S/C11H23NO2/c1-6-10(5)12(8(2)3)7-9(4)11(13)14/h8-10H,6-7H2,1-5H3,(H,13,14). The van der Waals surface area contributed by atoms with Gasteiger partial charge in [0.1, 0.15) is 0 Å². The first-order valence-electron chi connectivity index (χ1n) is 5.38. The predicted molar refractivity (Wildman–Crippen MR) is 58.4 cm³/mol. The molecule has 0 heterocycles. The van der Waals surface area contributed by atoms with Gasteiger partial charge in [-0.15, -0.1) is 0 Å². The van der Waals surface area contributed by atoms with Gasteiger partial charge in [0, 0.05) is 18.6 Å². The molecule has 0 aliphatic rings. The summed E-state index contributed by atoms with van der Waals surface area (Å²) in [7, 11) is 0. The van der Waals surface area contributed by atoms with Crippen LogP contribution in [0.25, 0.3) is 0 Å². The van der Waals surface area contributed by atoms with E-state index in [9.17, 15) is 4.79 Å². The van der Waals surface area contributed by atoms with E-state index in [2.05, 4.69) is 32.6 Å². The van der Waals surface area contributed by atoms with Gasteiger partial charge in [0.05, 0.1) is 5.92 Å². The maximum atomic E-state index is 10.7. The van der Waals surface area contributed by atoms with Crippen molar-refractivity contribution < 1.29 is 9.90 Å². The minimum absolute atomic E-state index is 0.286. The Hall–Kier alpha value is -0.570. The Morgan fingerprint density at radius 2 is 1.79 bits per heavy atom. The zero-order valence-electron chi connectivity index (χ0n) is 9.95. The molecule has 0 fully saturated rings. The zero-order chi connectivity index (χ0) is 11.3. The summed E-state index contributed by atoms with van der Waals surface area (Å²) in [4.78, 5) is 13.0. The van der Waals surface area contributed by atoms with E-state index in [0.29, 0.717) is 18.6 Å². The Balaban J connectivity index is 4.30. The van der Waals surface area contributed by atoms with Gasteiger partial charge < -0.3 is 5.11 Å². The number of carboxylic acids is 1. The van der Waals surface area contributed by atoms with E-state index in [1.165, 1.54) is 0 Å². The molecule has 2 unspecified atom stereocenters. The van der Waals surface area contributed by atoms with Crippen molar-refractivity contribution in [3.05, 3.63) is 0 Å². The summed E-state index contributed by atoms with van der Waals surface area (Å²) in [5.74, 6) is -0.995. The molecule has 3 heteroatoms. The van der Waals surface area contributed by atoms with Crippen molar-refractivity contribution in [2.24, 2.45) is 5.92 Å². The van der Waals surface area contributed by atoms with Crippen LogP contribution in [0.5, 0.6) is 0 Å². The van der Waals surface area contributed by atoms with Gasteiger partial charge in [-0.2, -0.15) is 0 Å². The van der Waals surface area contributed by atoms with Gasteiger partial charge in [-0.3, -0.25) is 9.69 Å². The molecule has 2 atom stereocenters. The fraction of sp³-hybridized carbons (Fsp3) is 0.909. The lowest BCUT2D eigenvalue weighted by Gasteiger charge is -2.33. The van der Waals surface area contributed by atoms with Crippen LogP contribution in [0, 0.1) is 5.92 Å². The average Bonchev–Trinajstić information content (AvgIpc) is 2.11. The van der Waals surface area contributed by atoms with E-state index in [0.717, 1.165) is 6.42 Å². The second-order valence-corrected chi connectivity index (χ2v) is 4.29. The summed E-state index contributed by atoms with van der Waals surface area (Å²) in [5, 5.41) is 8.84. The van der Waals surface area contributed by atoms with E-state index in [-0.39, 0.29) is 5.92 Å².